The second kappa shape index (κ2) is 9.22. The molecule has 32 heavy (non-hydrogen) atoms. The molecule has 1 aliphatic rings. The van der Waals surface area contributed by atoms with Crippen LogP contribution in [0.1, 0.15) is 48.2 Å². The number of carbonyl (C=O) groups is 1. The molecule has 1 aliphatic carbocycles. The number of hydrogen-bond acceptors (Lipinski definition) is 5. The molecule has 0 aliphatic heterocycles. The Kier molecular flexibility index (Phi) is 6.38. The van der Waals surface area contributed by atoms with Crippen LogP contribution in [0.2, 0.25) is 0 Å². The summed E-state index contributed by atoms with van der Waals surface area (Å²) in [6, 6.07) is 13.3. The number of anilines is 1. The van der Waals surface area contributed by atoms with Crippen LogP contribution in [0.25, 0.3) is 5.82 Å². The first-order valence-corrected chi connectivity index (χ1v) is 12.2. The van der Waals surface area contributed by atoms with Crippen molar-refractivity contribution < 1.29 is 13.2 Å². The van der Waals surface area contributed by atoms with Gasteiger partial charge in [-0.3, -0.25) is 4.79 Å². The van der Waals surface area contributed by atoms with Gasteiger partial charge in [-0.25, -0.2) is 13.4 Å². The number of sulfonamides is 1. The summed E-state index contributed by atoms with van der Waals surface area (Å²) in [7, 11) is -2.06. The SMILES string of the molecule is Cc1cc(NC(=O)c2cccc(S(=O)(=O)N(C)C3CCCCC3)c2)n(-c2ccccn2)n1. The highest BCUT2D eigenvalue weighted by atomic mass is 32.2. The van der Waals surface area contributed by atoms with Crippen molar-refractivity contribution in [3.8, 4) is 5.82 Å². The Morgan fingerprint density at radius 3 is 2.59 bits per heavy atom. The quantitative estimate of drug-likeness (QED) is 0.613. The van der Waals surface area contributed by atoms with Crippen molar-refractivity contribution >= 4 is 21.7 Å². The molecule has 0 saturated heterocycles. The Bertz CT molecular complexity index is 1200. The highest BCUT2D eigenvalue weighted by Gasteiger charge is 2.29. The van der Waals surface area contributed by atoms with Crippen molar-refractivity contribution in [2.75, 3.05) is 12.4 Å². The van der Waals surface area contributed by atoms with E-state index in [-0.39, 0.29) is 16.5 Å². The Balaban J connectivity index is 1.57. The number of benzene rings is 1. The van der Waals surface area contributed by atoms with E-state index in [4.69, 9.17) is 0 Å². The Morgan fingerprint density at radius 2 is 1.88 bits per heavy atom. The van der Waals surface area contributed by atoms with Gasteiger partial charge in [0.25, 0.3) is 5.91 Å². The number of carbonyl (C=O) groups excluding carboxylic acids is 1. The third-order valence-corrected chi connectivity index (χ3v) is 7.71. The molecular weight excluding hydrogens is 426 g/mol. The number of pyridine rings is 1. The molecule has 9 heteroatoms. The summed E-state index contributed by atoms with van der Waals surface area (Å²) < 4.78 is 29.4. The van der Waals surface area contributed by atoms with Gasteiger partial charge in [-0.2, -0.15) is 14.1 Å². The topological polar surface area (TPSA) is 97.2 Å². The number of hydrogen-bond donors (Lipinski definition) is 1. The van der Waals surface area contributed by atoms with E-state index >= 15 is 0 Å². The molecule has 1 fully saturated rings. The molecule has 1 amide bonds. The number of aromatic nitrogens is 3. The van der Waals surface area contributed by atoms with Crippen LogP contribution >= 0.6 is 0 Å². The van der Waals surface area contributed by atoms with Gasteiger partial charge in [0.05, 0.1) is 10.6 Å². The molecule has 1 saturated carbocycles. The van der Waals surface area contributed by atoms with E-state index in [9.17, 15) is 13.2 Å². The maximum absolute atomic E-state index is 13.2. The van der Waals surface area contributed by atoms with Crippen LogP contribution < -0.4 is 5.32 Å². The van der Waals surface area contributed by atoms with Crippen LogP contribution in [0.3, 0.4) is 0 Å². The summed E-state index contributed by atoms with van der Waals surface area (Å²) in [5.74, 6) is 0.611. The van der Waals surface area contributed by atoms with Crippen molar-refractivity contribution in [3.05, 3.63) is 66.0 Å². The molecule has 0 spiro atoms. The minimum atomic E-state index is -3.69. The van der Waals surface area contributed by atoms with E-state index in [1.54, 1.807) is 48.3 Å². The summed E-state index contributed by atoms with van der Waals surface area (Å²) in [5.41, 5.74) is 0.978. The molecule has 8 nitrogen and oxygen atoms in total. The predicted octanol–water partition coefficient (Wildman–Crippen LogP) is 3.78. The average molecular weight is 454 g/mol. The highest BCUT2D eigenvalue weighted by molar-refractivity contribution is 7.89. The maximum atomic E-state index is 13.2. The van der Waals surface area contributed by atoms with Gasteiger partial charge in [-0.05, 0) is 50.1 Å². The average Bonchev–Trinajstić information content (AvgIpc) is 3.19. The molecule has 0 unspecified atom stereocenters. The molecule has 1 aromatic carbocycles. The third kappa shape index (κ3) is 4.58. The summed E-state index contributed by atoms with van der Waals surface area (Å²) in [6.07, 6.45) is 6.61. The normalized spacial score (nSPS) is 15.1. The first-order chi connectivity index (χ1) is 15.4. The molecule has 168 valence electrons. The molecule has 0 atom stereocenters. The maximum Gasteiger partial charge on any atom is 0.256 e. The van der Waals surface area contributed by atoms with Gasteiger partial charge < -0.3 is 5.32 Å². The second-order valence-corrected chi connectivity index (χ2v) is 10.1. The minimum Gasteiger partial charge on any atom is -0.306 e. The zero-order valence-electron chi connectivity index (χ0n) is 18.2. The van der Waals surface area contributed by atoms with Gasteiger partial charge in [0.15, 0.2) is 5.82 Å². The van der Waals surface area contributed by atoms with Crippen LogP contribution in [-0.4, -0.2) is 46.5 Å². The molecule has 1 N–H and O–H groups in total. The zero-order valence-corrected chi connectivity index (χ0v) is 19.0. The lowest BCUT2D eigenvalue weighted by Gasteiger charge is -2.30. The molecule has 2 aromatic heterocycles. The molecular formula is C23H27N5O3S. The molecule has 0 radical (unpaired) electrons. The lowest BCUT2D eigenvalue weighted by atomic mass is 9.96. The second-order valence-electron chi connectivity index (χ2n) is 8.07. The van der Waals surface area contributed by atoms with E-state index in [0.717, 1.165) is 37.8 Å². The van der Waals surface area contributed by atoms with Crippen LogP contribution in [0.5, 0.6) is 0 Å². The first kappa shape index (κ1) is 22.2. The molecule has 4 rings (SSSR count). The minimum absolute atomic E-state index is 0.00179. The third-order valence-electron chi connectivity index (χ3n) is 5.80. The molecule has 2 heterocycles. The number of rotatable bonds is 6. The van der Waals surface area contributed by atoms with Gasteiger partial charge in [0.1, 0.15) is 5.82 Å². The summed E-state index contributed by atoms with van der Waals surface area (Å²) in [6.45, 7) is 1.82. The van der Waals surface area contributed by atoms with Crippen molar-refractivity contribution in [1.82, 2.24) is 19.1 Å². The van der Waals surface area contributed by atoms with Gasteiger partial charge in [0, 0.05) is 30.9 Å². The number of nitrogens with one attached hydrogen (secondary N) is 1. The summed E-state index contributed by atoms with van der Waals surface area (Å²) in [4.78, 5) is 17.4. The van der Waals surface area contributed by atoms with Crippen LogP contribution in [0, 0.1) is 6.92 Å². The number of nitrogens with zero attached hydrogens (tertiary/aromatic N) is 4. The van der Waals surface area contributed by atoms with Crippen molar-refractivity contribution in [1.29, 1.82) is 0 Å². The Hall–Kier alpha value is -3.04. The lowest BCUT2D eigenvalue weighted by molar-refractivity contribution is 0.102. The van der Waals surface area contributed by atoms with Crippen LogP contribution in [0.15, 0.2) is 59.6 Å². The summed E-state index contributed by atoms with van der Waals surface area (Å²) in [5, 5.41) is 7.23. The van der Waals surface area contributed by atoms with E-state index in [1.165, 1.54) is 16.4 Å². The van der Waals surface area contributed by atoms with E-state index in [2.05, 4.69) is 15.4 Å². The van der Waals surface area contributed by atoms with Crippen LogP contribution in [-0.2, 0) is 10.0 Å². The van der Waals surface area contributed by atoms with E-state index in [0.29, 0.717) is 11.6 Å². The smallest absolute Gasteiger partial charge is 0.256 e. The summed E-state index contributed by atoms with van der Waals surface area (Å²) >= 11 is 0. The van der Waals surface area contributed by atoms with Gasteiger partial charge in [-0.1, -0.05) is 31.4 Å². The predicted molar refractivity (Wildman–Crippen MR) is 122 cm³/mol. The van der Waals surface area contributed by atoms with Crippen LogP contribution in [0.4, 0.5) is 5.82 Å². The van der Waals surface area contributed by atoms with E-state index in [1.807, 2.05) is 13.0 Å². The standard InChI is InChI=1S/C23H27N5O3S/c1-17-15-22(28(26-17)21-13-6-7-14-24-21)25-23(29)18-9-8-12-20(16-18)32(30,31)27(2)19-10-4-3-5-11-19/h6-9,12-16,19H,3-5,10-11H2,1-2H3,(H,25,29). The van der Waals surface area contributed by atoms with Crippen molar-refractivity contribution in [3.63, 3.8) is 0 Å². The van der Waals surface area contributed by atoms with Gasteiger partial charge in [0.2, 0.25) is 10.0 Å². The monoisotopic (exact) mass is 453 g/mol. The number of amides is 1. The van der Waals surface area contributed by atoms with Gasteiger partial charge in [-0.15, -0.1) is 0 Å². The fraction of sp³-hybridized carbons (Fsp3) is 0.348. The molecule has 0 bridgehead atoms. The Morgan fingerprint density at radius 1 is 1.09 bits per heavy atom. The zero-order chi connectivity index (χ0) is 22.7. The number of aryl methyl sites for hydroxylation is 1. The first-order valence-electron chi connectivity index (χ1n) is 10.7. The molecule has 3 aromatic rings. The van der Waals surface area contributed by atoms with Gasteiger partial charge >= 0.3 is 0 Å². The largest absolute Gasteiger partial charge is 0.306 e. The van der Waals surface area contributed by atoms with E-state index < -0.39 is 15.9 Å². The fourth-order valence-electron chi connectivity index (χ4n) is 4.04. The van der Waals surface area contributed by atoms with Crippen molar-refractivity contribution in [2.45, 2.75) is 50.0 Å². The van der Waals surface area contributed by atoms with Crippen molar-refractivity contribution in [2.24, 2.45) is 0 Å². The lowest BCUT2D eigenvalue weighted by Crippen LogP contribution is -2.38. The fourth-order valence-corrected chi connectivity index (χ4v) is 5.50. The Labute approximate surface area is 188 Å². The highest BCUT2D eigenvalue weighted by Crippen LogP contribution is 2.27.